The van der Waals surface area contributed by atoms with Gasteiger partial charge in [0.05, 0.1) is 4.88 Å². The van der Waals surface area contributed by atoms with Crippen LogP contribution in [0, 0.1) is 11.8 Å². The summed E-state index contributed by atoms with van der Waals surface area (Å²) in [4.78, 5) is 11.8. The van der Waals surface area contributed by atoms with Crippen molar-refractivity contribution in [2.24, 2.45) is 0 Å². The van der Waals surface area contributed by atoms with Crippen LogP contribution in [0.2, 0.25) is 0 Å². The lowest BCUT2D eigenvalue weighted by Gasteiger charge is -1.75. The van der Waals surface area contributed by atoms with Crippen molar-refractivity contribution in [1.29, 1.82) is 0 Å². The first-order valence-corrected chi connectivity index (χ1v) is 4.43. The maximum atomic E-state index is 10.9. The Hall–Kier alpha value is -1.33. The van der Waals surface area contributed by atoms with Crippen LogP contribution in [0.25, 0.3) is 0 Å². The molecular formula is C10H8OS. The molecule has 2 heteroatoms. The van der Waals surface area contributed by atoms with Gasteiger partial charge in [0.15, 0.2) is 0 Å². The van der Waals surface area contributed by atoms with Gasteiger partial charge in [-0.3, -0.25) is 4.79 Å². The van der Waals surface area contributed by atoms with Crippen LogP contribution in [0.15, 0.2) is 29.7 Å². The van der Waals surface area contributed by atoms with Gasteiger partial charge in [0, 0.05) is 0 Å². The Morgan fingerprint density at radius 2 is 2.50 bits per heavy atom. The van der Waals surface area contributed by atoms with E-state index in [1.54, 1.807) is 13.0 Å². The average Bonchev–Trinajstić information content (AvgIpc) is 2.53. The molecule has 0 aliphatic carbocycles. The molecule has 0 saturated heterocycles. The van der Waals surface area contributed by atoms with Crippen molar-refractivity contribution in [2.45, 2.75) is 6.92 Å². The van der Waals surface area contributed by atoms with Crippen LogP contribution in [0.1, 0.15) is 11.8 Å². The molecule has 0 fully saturated rings. The molecule has 1 heterocycles. The number of allylic oxidation sites excluding steroid dienone is 2. The zero-order chi connectivity index (χ0) is 8.81. The quantitative estimate of drug-likeness (QED) is 0.474. The van der Waals surface area contributed by atoms with Gasteiger partial charge < -0.3 is 0 Å². The summed E-state index contributed by atoms with van der Waals surface area (Å²) in [5.41, 5.74) is 0. The molecule has 0 radical (unpaired) electrons. The second kappa shape index (κ2) is 4.53. The smallest absolute Gasteiger partial charge is 0.228 e. The van der Waals surface area contributed by atoms with Crippen molar-refractivity contribution in [2.75, 3.05) is 0 Å². The van der Waals surface area contributed by atoms with Gasteiger partial charge in [-0.15, -0.1) is 11.3 Å². The van der Waals surface area contributed by atoms with Crippen LogP contribution in [0.4, 0.5) is 0 Å². The minimum Gasteiger partial charge on any atom is -0.280 e. The lowest BCUT2D eigenvalue weighted by Crippen LogP contribution is -1.83. The molecule has 0 atom stereocenters. The maximum Gasteiger partial charge on any atom is 0.228 e. The molecule has 1 aromatic rings. The van der Waals surface area contributed by atoms with Gasteiger partial charge in [-0.2, -0.15) is 0 Å². The van der Waals surface area contributed by atoms with E-state index in [1.807, 2.05) is 17.5 Å². The molecule has 1 nitrogen and oxygen atoms in total. The Balaban J connectivity index is 2.66. The van der Waals surface area contributed by atoms with Crippen LogP contribution < -0.4 is 0 Å². The summed E-state index contributed by atoms with van der Waals surface area (Å²) in [7, 11) is 0. The first-order chi connectivity index (χ1) is 5.83. The van der Waals surface area contributed by atoms with E-state index in [-0.39, 0.29) is 5.78 Å². The molecule has 1 aromatic heterocycles. The fourth-order valence-electron chi connectivity index (χ4n) is 0.666. The Morgan fingerprint density at radius 1 is 1.67 bits per heavy atom. The number of ketones is 1. The summed E-state index contributed by atoms with van der Waals surface area (Å²) in [6, 6.07) is 3.80. The third-order valence-electron chi connectivity index (χ3n) is 1.15. The number of carbonyl (C=O) groups is 1. The summed E-state index contributed by atoms with van der Waals surface area (Å²) in [6.45, 7) is 1.80. The first-order valence-electron chi connectivity index (χ1n) is 3.55. The fraction of sp³-hybridized carbons (Fsp3) is 0.100. The molecule has 0 unspecified atom stereocenters. The van der Waals surface area contributed by atoms with Crippen molar-refractivity contribution in [3.63, 3.8) is 0 Å². The van der Waals surface area contributed by atoms with Crippen LogP contribution >= 0.6 is 11.3 Å². The van der Waals surface area contributed by atoms with Gasteiger partial charge in [0.25, 0.3) is 0 Å². The van der Waals surface area contributed by atoms with Gasteiger partial charge in [-0.25, -0.2) is 0 Å². The number of hydrogen-bond donors (Lipinski definition) is 0. The van der Waals surface area contributed by atoms with E-state index in [1.165, 1.54) is 17.4 Å². The van der Waals surface area contributed by atoms with E-state index in [0.29, 0.717) is 0 Å². The van der Waals surface area contributed by atoms with Gasteiger partial charge in [-0.1, -0.05) is 12.1 Å². The molecule has 1 rings (SSSR count). The van der Waals surface area contributed by atoms with E-state index in [4.69, 9.17) is 0 Å². The van der Waals surface area contributed by atoms with Crippen LogP contribution in [0.3, 0.4) is 0 Å². The predicted molar refractivity (Wildman–Crippen MR) is 51.0 cm³/mol. The van der Waals surface area contributed by atoms with E-state index < -0.39 is 0 Å². The zero-order valence-electron chi connectivity index (χ0n) is 6.70. The Kier molecular flexibility index (Phi) is 3.31. The van der Waals surface area contributed by atoms with E-state index in [9.17, 15) is 4.79 Å². The predicted octanol–water partition coefficient (Wildman–Crippen LogP) is 2.24. The second-order valence-corrected chi connectivity index (χ2v) is 3.04. The molecule has 0 spiro atoms. The molecule has 0 saturated carbocycles. The van der Waals surface area contributed by atoms with Crippen molar-refractivity contribution in [3.8, 4) is 11.8 Å². The summed E-state index contributed by atoms with van der Waals surface area (Å²) in [5, 5.41) is 1.93. The third kappa shape index (κ3) is 2.73. The highest BCUT2D eigenvalue weighted by Gasteiger charge is 1.87. The van der Waals surface area contributed by atoms with Gasteiger partial charge in [0.2, 0.25) is 5.78 Å². The Bertz CT molecular complexity index is 336. The van der Waals surface area contributed by atoms with Gasteiger partial charge in [-0.05, 0) is 36.3 Å². The number of hydrogen-bond acceptors (Lipinski definition) is 2. The zero-order valence-corrected chi connectivity index (χ0v) is 7.52. The molecular weight excluding hydrogens is 168 g/mol. The number of thiophene rings is 1. The molecule has 0 amide bonds. The summed E-state index contributed by atoms with van der Waals surface area (Å²) < 4.78 is 0. The molecule has 0 bridgehead atoms. The van der Waals surface area contributed by atoms with Crippen LogP contribution in [0.5, 0.6) is 0 Å². The molecule has 12 heavy (non-hydrogen) atoms. The lowest BCUT2D eigenvalue weighted by molar-refractivity contribution is -0.109. The molecule has 0 aliphatic heterocycles. The highest BCUT2D eigenvalue weighted by atomic mass is 32.1. The molecule has 0 N–H and O–H groups in total. The summed E-state index contributed by atoms with van der Waals surface area (Å²) in [5.74, 6) is 5.15. The SMILES string of the molecule is CC=CC(=O)C#Cc1cccs1. The van der Waals surface area contributed by atoms with Crippen LogP contribution in [-0.4, -0.2) is 5.78 Å². The van der Waals surface area contributed by atoms with Crippen LogP contribution in [-0.2, 0) is 4.79 Å². The standard InChI is InChI=1S/C10H8OS/c1-2-4-9(11)6-7-10-5-3-8-12-10/h2-5,8H,1H3. The number of carbonyl (C=O) groups excluding carboxylic acids is 1. The normalized spacial score (nSPS) is 9.42. The van der Waals surface area contributed by atoms with Crippen molar-refractivity contribution >= 4 is 17.1 Å². The molecule has 0 aromatic carbocycles. The highest BCUT2D eigenvalue weighted by Crippen LogP contribution is 2.05. The third-order valence-corrected chi connectivity index (χ3v) is 1.93. The van der Waals surface area contributed by atoms with E-state index in [2.05, 4.69) is 11.8 Å². The van der Waals surface area contributed by atoms with Gasteiger partial charge in [0.1, 0.15) is 0 Å². The highest BCUT2D eigenvalue weighted by molar-refractivity contribution is 7.10. The Morgan fingerprint density at radius 3 is 3.08 bits per heavy atom. The van der Waals surface area contributed by atoms with E-state index >= 15 is 0 Å². The summed E-state index contributed by atoms with van der Waals surface area (Å²) >= 11 is 1.53. The lowest BCUT2D eigenvalue weighted by atomic mass is 10.3. The average molecular weight is 176 g/mol. The Labute approximate surface area is 75.7 Å². The van der Waals surface area contributed by atoms with Crippen molar-refractivity contribution in [3.05, 3.63) is 34.5 Å². The minimum atomic E-state index is -0.147. The van der Waals surface area contributed by atoms with E-state index in [0.717, 1.165) is 4.88 Å². The van der Waals surface area contributed by atoms with Crippen molar-refractivity contribution < 1.29 is 4.79 Å². The maximum absolute atomic E-state index is 10.9. The second-order valence-electron chi connectivity index (χ2n) is 2.09. The first kappa shape index (κ1) is 8.76. The van der Waals surface area contributed by atoms with Crippen molar-refractivity contribution in [1.82, 2.24) is 0 Å². The minimum absolute atomic E-state index is 0.147. The van der Waals surface area contributed by atoms with Gasteiger partial charge >= 0.3 is 0 Å². The topological polar surface area (TPSA) is 17.1 Å². The molecule has 60 valence electrons. The fourth-order valence-corrected chi connectivity index (χ4v) is 1.24. The summed E-state index contributed by atoms with van der Waals surface area (Å²) in [6.07, 6.45) is 3.14. The largest absolute Gasteiger partial charge is 0.280 e. The number of rotatable bonds is 1. The monoisotopic (exact) mass is 176 g/mol. The molecule has 0 aliphatic rings.